The molecule has 4 nitrogen and oxygen atoms in total. The summed E-state index contributed by atoms with van der Waals surface area (Å²) < 4.78 is 29.5. The summed E-state index contributed by atoms with van der Waals surface area (Å²) >= 11 is 0. The van der Waals surface area contributed by atoms with Crippen LogP contribution in [0.2, 0.25) is 0 Å². The Hall–Kier alpha value is -1.07. The van der Waals surface area contributed by atoms with E-state index in [1.54, 1.807) is 0 Å². The van der Waals surface area contributed by atoms with Gasteiger partial charge in [-0.25, -0.2) is 0 Å². The van der Waals surface area contributed by atoms with Gasteiger partial charge in [0.05, 0.1) is 5.75 Å². The van der Waals surface area contributed by atoms with Crippen LogP contribution in [0.5, 0.6) is 0 Å². The van der Waals surface area contributed by atoms with Crippen molar-refractivity contribution in [3.63, 3.8) is 0 Å². The van der Waals surface area contributed by atoms with E-state index in [0.29, 0.717) is 13.0 Å². The van der Waals surface area contributed by atoms with Crippen molar-refractivity contribution in [2.24, 2.45) is 0 Å². The van der Waals surface area contributed by atoms with Crippen LogP contribution in [0, 0.1) is 13.8 Å². The van der Waals surface area contributed by atoms with E-state index in [9.17, 15) is 8.42 Å². The van der Waals surface area contributed by atoms with Gasteiger partial charge in [0, 0.05) is 12.2 Å². The summed E-state index contributed by atoms with van der Waals surface area (Å²) in [6.45, 7) is 4.53. The minimum atomic E-state index is -3.84. The predicted molar refractivity (Wildman–Crippen MR) is 65.4 cm³/mol. The molecule has 1 aromatic rings. The third-order valence-corrected chi connectivity index (χ3v) is 3.09. The fourth-order valence-electron chi connectivity index (χ4n) is 1.40. The molecule has 0 amide bonds. The van der Waals surface area contributed by atoms with Gasteiger partial charge in [0.1, 0.15) is 0 Å². The fourth-order valence-corrected chi connectivity index (χ4v) is 1.91. The normalized spacial score (nSPS) is 11.4. The molecule has 5 heteroatoms. The van der Waals surface area contributed by atoms with E-state index in [1.165, 1.54) is 0 Å². The summed E-state index contributed by atoms with van der Waals surface area (Å²) in [5.74, 6) is -0.204. The first kappa shape index (κ1) is 13.0. The highest BCUT2D eigenvalue weighted by Crippen LogP contribution is 2.16. The van der Waals surface area contributed by atoms with Gasteiger partial charge in [-0.2, -0.15) is 8.42 Å². The van der Waals surface area contributed by atoms with E-state index in [1.807, 2.05) is 32.0 Å². The molecule has 0 unspecified atom stereocenters. The number of rotatable bonds is 5. The van der Waals surface area contributed by atoms with E-state index < -0.39 is 10.1 Å². The summed E-state index contributed by atoms with van der Waals surface area (Å²) in [6, 6.07) is 6.06. The van der Waals surface area contributed by atoms with E-state index in [2.05, 4.69) is 5.32 Å². The molecule has 0 saturated carbocycles. The van der Waals surface area contributed by atoms with Crippen molar-refractivity contribution < 1.29 is 13.0 Å². The lowest BCUT2D eigenvalue weighted by Gasteiger charge is -2.09. The largest absolute Gasteiger partial charge is 0.385 e. The van der Waals surface area contributed by atoms with Crippen LogP contribution >= 0.6 is 0 Å². The maximum Gasteiger partial charge on any atom is 0.264 e. The SMILES string of the molecule is Cc1ccc(C)c(NCCCS(=O)(=O)O)c1. The van der Waals surface area contributed by atoms with E-state index in [0.717, 1.165) is 16.8 Å². The Labute approximate surface area is 96.4 Å². The number of aryl methyl sites for hydroxylation is 2. The van der Waals surface area contributed by atoms with Crippen molar-refractivity contribution in [1.82, 2.24) is 0 Å². The molecule has 0 aliphatic heterocycles. The molecule has 0 fully saturated rings. The Morgan fingerprint density at radius 2 is 2.00 bits per heavy atom. The van der Waals surface area contributed by atoms with Gasteiger partial charge >= 0.3 is 0 Å². The van der Waals surface area contributed by atoms with Gasteiger partial charge in [-0.05, 0) is 37.5 Å². The molecule has 0 heterocycles. The zero-order chi connectivity index (χ0) is 12.2. The Kier molecular flexibility index (Phi) is 4.32. The topological polar surface area (TPSA) is 66.4 Å². The molecule has 1 aromatic carbocycles. The predicted octanol–water partition coefficient (Wildman–Crippen LogP) is 1.99. The van der Waals surface area contributed by atoms with Crippen LogP contribution in [-0.4, -0.2) is 25.3 Å². The number of nitrogens with one attached hydrogen (secondary N) is 1. The zero-order valence-electron chi connectivity index (χ0n) is 9.53. The minimum Gasteiger partial charge on any atom is -0.385 e. The Balaban J connectivity index is 2.46. The molecule has 1 rings (SSSR count). The molecule has 0 aliphatic carbocycles. The zero-order valence-corrected chi connectivity index (χ0v) is 10.3. The van der Waals surface area contributed by atoms with E-state index in [4.69, 9.17) is 4.55 Å². The van der Waals surface area contributed by atoms with Crippen LogP contribution < -0.4 is 5.32 Å². The average molecular weight is 243 g/mol. The molecular formula is C11H17NO3S. The first-order chi connectivity index (χ1) is 7.38. The minimum absolute atomic E-state index is 0.204. The number of hydrogen-bond acceptors (Lipinski definition) is 3. The van der Waals surface area contributed by atoms with Crippen molar-refractivity contribution in [2.75, 3.05) is 17.6 Å². The summed E-state index contributed by atoms with van der Waals surface area (Å²) in [7, 11) is -3.84. The Morgan fingerprint density at radius 3 is 2.62 bits per heavy atom. The molecular weight excluding hydrogens is 226 g/mol. The standard InChI is InChI=1S/C11H17NO3S/c1-9-4-5-10(2)11(8-9)12-6-3-7-16(13,14)15/h4-5,8,12H,3,6-7H2,1-2H3,(H,13,14,15). The van der Waals surface area contributed by atoms with Gasteiger partial charge in [-0.15, -0.1) is 0 Å². The van der Waals surface area contributed by atoms with Crippen LogP contribution in [0.25, 0.3) is 0 Å². The van der Waals surface area contributed by atoms with Crippen LogP contribution in [0.1, 0.15) is 17.5 Å². The van der Waals surface area contributed by atoms with Gasteiger partial charge in [0.15, 0.2) is 0 Å². The summed E-state index contributed by atoms with van der Waals surface area (Å²) in [5.41, 5.74) is 3.29. The lowest BCUT2D eigenvalue weighted by atomic mass is 10.1. The molecule has 0 radical (unpaired) electrons. The molecule has 0 spiro atoms. The Morgan fingerprint density at radius 1 is 1.31 bits per heavy atom. The third-order valence-electron chi connectivity index (χ3n) is 2.29. The average Bonchev–Trinajstić information content (AvgIpc) is 2.16. The maximum atomic E-state index is 10.5. The maximum absolute atomic E-state index is 10.5. The fraction of sp³-hybridized carbons (Fsp3) is 0.455. The lowest BCUT2D eigenvalue weighted by molar-refractivity contribution is 0.481. The highest BCUT2D eigenvalue weighted by Gasteiger charge is 2.03. The van der Waals surface area contributed by atoms with Crippen molar-refractivity contribution >= 4 is 15.8 Å². The lowest BCUT2D eigenvalue weighted by Crippen LogP contribution is -2.10. The van der Waals surface area contributed by atoms with Crippen molar-refractivity contribution in [2.45, 2.75) is 20.3 Å². The van der Waals surface area contributed by atoms with Gasteiger partial charge in [-0.1, -0.05) is 12.1 Å². The highest BCUT2D eigenvalue weighted by molar-refractivity contribution is 7.85. The van der Waals surface area contributed by atoms with Gasteiger partial charge in [0.25, 0.3) is 10.1 Å². The van der Waals surface area contributed by atoms with Crippen molar-refractivity contribution in [3.05, 3.63) is 29.3 Å². The molecule has 0 bridgehead atoms. The molecule has 16 heavy (non-hydrogen) atoms. The second kappa shape index (κ2) is 5.32. The first-order valence-corrected chi connectivity index (χ1v) is 6.76. The molecule has 0 aromatic heterocycles. The monoisotopic (exact) mass is 243 g/mol. The van der Waals surface area contributed by atoms with Crippen molar-refractivity contribution in [3.8, 4) is 0 Å². The molecule has 90 valence electrons. The first-order valence-electron chi connectivity index (χ1n) is 5.15. The molecule has 0 atom stereocenters. The van der Waals surface area contributed by atoms with Gasteiger partial charge in [0.2, 0.25) is 0 Å². The third kappa shape index (κ3) is 4.63. The Bertz CT molecular complexity index is 454. The van der Waals surface area contributed by atoms with Crippen LogP contribution in [0.15, 0.2) is 18.2 Å². The van der Waals surface area contributed by atoms with Crippen LogP contribution in [0.4, 0.5) is 5.69 Å². The van der Waals surface area contributed by atoms with Crippen molar-refractivity contribution in [1.29, 1.82) is 0 Å². The highest BCUT2D eigenvalue weighted by atomic mass is 32.2. The second-order valence-electron chi connectivity index (χ2n) is 3.88. The summed E-state index contributed by atoms with van der Waals surface area (Å²) in [4.78, 5) is 0. The van der Waals surface area contributed by atoms with E-state index in [-0.39, 0.29) is 5.75 Å². The van der Waals surface area contributed by atoms with Gasteiger partial charge < -0.3 is 5.32 Å². The van der Waals surface area contributed by atoms with Crippen LogP contribution in [0.3, 0.4) is 0 Å². The number of benzene rings is 1. The quantitative estimate of drug-likeness (QED) is 0.613. The smallest absolute Gasteiger partial charge is 0.264 e. The summed E-state index contributed by atoms with van der Waals surface area (Å²) in [5, 5.41) is 3.15. The van der Waals surface area contributed by atoms with Crippen LogP contribution in [-0.2, 0) is 10.1 Å². The van der Waals surface area contributed by atoms with Gasteiger partial charge in [-0.3, -0.25) is 4.55 Å². The molecule has 0 saturated heterocycles. The second-order valence-corrected chi connectivity index (χ2v) is 5.46. The number of anilines is 1. The van der Waals surface area contributed by atoms with E-state index >= 15 is 0 Å². The summed E-state index contributed by atoms with van der Waals surface area (Å²) in [6.07, 6.45) is 0.395. The number of hydrogen-bond donors (Lipinski definition) is 2. The molecule has 0 aliphatic rings. The molecule has 2 N–H and O–H groups in total.